The van der Waals surface area contributed by atoms with Crippen molar-refractivity contribution in [1.29, 1.82) is 0 Å². The fourth-order valence-corrected chi connectivity index (χ4v) is 0.885. The Bertz CT molecular complexity index is 373. The molecule has 0 radical (unpaired) electrons. The smallest absolute Gasteiger partial charge is 0.328 e. The van der Waals surface area contributed by atoms with E-state index in [2.05, 4.69) is 15.0 Å². The number of carboxylic acid groups (broad SMARTS) is 1. The molecule has 0 bridgehead atoms. The topological polar surface area (TPSA) is 113 Å². The predicted molar refractivity (Wildman–Crippen MR) is 47.2 cm³/mol. The molecule has 7 heteroatoms. The van der Waals surface area contributed by atoms with Crippen LogP contribution in [0.5, 0.6) is 0 Å². The molecule has 0 fully saturated rings. The maximum Gasteiger partial charge on any atom is 0.328 e. The summed E-state index contributed by atoms with van der Waals surface area (Å²) in [6.07, 6.45) is 0. The fourth-order valence-electron chi connectivity index (χ4n) is 0.885. The molecule has 0 unspecified atom stereocenters. The van der Waals surface area contributed by atoms with Gasteiger partial charge in [0.05, 0.1) is 12.3 Å². The van der Waals surface area contributed by atoms with E-state index in [1.165, 1.54) is 6.07 Å². The Hall–Kier alpha value is -1.89. The van der Waals surface area contributed by atoms with Crippen LogP contribution in [-0.4, -0.2) is 39.9 Å². The second-order valence-corrected chi connectivity index (χ2v) is 2.88. The summed E-state index contributed by atoms with van der Waals surface area (Å²) >= 11 is 0. The van der Waals surface area contributed by atoms with Crippen LogP contribution in [0.4, 0.5) is 0 Å². The quantitative estimate of drug-likeness (QED) is 0.602. The highest BCUT2D eigenvalue weighted by Gasteiger charge is 2.21. The molecule has 0 aliphatic rings. The molecule has 0 aliphatic carbocycles. The number of carbonyl (C=O) groups excluding carboxylic acids is 1. The van der Waals surface area contributed by atoms with Crippen LogP contribution in [0.15, 0.2) is 10.6 Å². The maximum absolute atomic E-state index is 11.3. The number of hydrogen-bond acceptors (Lipinski definition) is 5. The summed E-state index contributed by atoms with van der Waals surface area (Å²) in [4.78, 5) is 21.8. The Morgan fingerprint density at radius 1 is 1.67 bits per heavy atom. The van der Waals surface area contributed by atoms with Gasteiger partial charge < -0.3 is 20.1 Å². The van der Waals surface area contributed by atoms with E-state index in [-0.39, 0.29) is 5.76 Å². The number of aliphatic carboxylic acids is 1. The molecule has 0 saturated carbocycles. The van der Waals surface area contributed by atoms with Crippen LogP contribution >= 0.6 is 0 Å². The number of carbonyl (C=O) groups is 2. The van der Waals surface area contributed by atoms with Crippen molar-refractivity contribution in [2.75, 3.05) is 6.61 Å². The van der Waals surface area contributed by atoms with Crippen LogP contribution < -0.4 is 5.32 Å². The highest BCUT2D eigenvalue weighted by atomic mass is 16.5. The van der Waals surface area contributed by atoms with Crippen LogP contribution in [0, 0.1) is 6.92 Å². The van der Waals surface area contributed by atoms with Crippen molar-refractivity contribution < 1.29 is 24.3 Å². The summed E-state index contributed by atoms with van der Waals surface area (Å²) < 4.78 is 4.61. The van der Waals surface area contributed by atoms with Crippen molar-refractivity contribution in [1.82, 2.24) is 10.5 Å². The molecule has 1 heterocycles. The average molecular weight is 214 g/mol. The Morgan fingerprint density at radius 2 is 2.33 bits per heavy atom. The van der Waals surface area contributed by atoms with E-state index in [0.29, 0.717) is 5.69 Å². The summed E-state index contributed by atoms with van der Waals surface area (Å²) in [7, 11) is 0. The van der Waals surface area contributed by atoms with E-state index in [9.17, 15) is 9.59 Å². The van der Waals surface area contributed by atoms with Gasteiger partial charge in [0.15, 0.2) is 6.04 Å². The van der Waals surface area contributed by atoms with Gasteiger partial charge in [0, 0.05) is 6.07 Å². The normalized spacial score (nSPS) is 12.1. The van der Waals surface area contributed by atoms with Crippen molar-refractivity contribution in [3.05, 3.63) is 17.5 Å². The Kier molecular flexibility index (Phi) is 3.40. The second kappa shape index (κ2) is 4.56. The van der Waals surface area contributed by atoms with E-state index in [4.69, 9.17) is 10.2 Å². The molecule has 0 spiro atoms. The summed E-state index contributed by atoms with van der Waals surface area (Å²) in [5, 5.41) is 22.8. The Morgan fingerprint density at radius 3 is 2.73 bits per heavy atom. The molecule has 1 aromatic heterocycles. The van der Waals surface area contributed by atoms with Crippen LogP contribution in [0.2, 0.25) is 0 Å². The molecule has 1 amide bonds. The zero-order valence-corrected chi connectivity index (χ0v) is 7.93. The summed E-state index contributed by atoms with van der Waals surface area (Å²) in [6, 6.07) is 0.0222. The van der Waals surface area contributed by atoms with E-state index < -0.39 is 24.5 Å². The van der Waals surface area contributed by atoms with Gasteiger partial charge in [-0.05, 0) is 6.92 Å². The Balaban J connectivity index is 2.66. The molecule has 0 aromatic carbocycles. The first kappa shape index (κ1) is 11.2. The number of nitrogens with one attached hydrogen (secondary N) is 1. The third kappa shape index (κ3) is 2.78. The number of nitrogens with zero attached hydrogens (tertiary/aromatic N) is 1. The number of aromatic nitrogens is 1. The van der Waals surface area contributed by atoms with Gasteiger partial charge in [0.2, 0.25) is 5.76 Å². The van der Waals surface area contributed by atoms with Gasteiger partial charge in [-0.3, -0.25) is 4.79 Å². The fraction of sp³-hybridized carbons (Fsp3) is 0.375. The molecule has 1 rings (SSSR count). The standard InChI is InChI=1S/C8H10N2O5/c1-4-2-6(15-10-4)7(12)9-5(3-11)8(13)14/h2,5,11H,3H2,1H3,(H,9,12)(H,13,14)/t5-/m1/s1. The minimum atomic E-state index is -1.34. The van der Waals surface area contributed by atoms with Crippen molar-refractivity contribution in [3.8, 4) is 0 Å². The molecular formula is C8H10N2O5. The first-order valence-electron chi connectivity index (χ1n) is 4.12. The number of rotatable bonds is 4. The van der Waals surface area contributed by atoms with Gasteiger partial charge in [-0.15, -0.1) is 0 Å². The van der Waals surface area contributed by atoms with Crippen LogP contribution in [0.1, 0.15) is 16.2 Å². The van der Waals surface area contributed by atoms with Crippen LogP contribution in [0.3, 0.4) is 0 Å². The van der Waals surface area contributed by atoms with Crippen molar-refractivity contribution in [2.24, 2.45) is 0 Å². The number of aryl methyl sites for hydroxylation is 1. The van der Waals surface area contributed by atoms with Gasteiger partial charge in [-0.1, -0.05) is 5.16 Å². The van der Waals surface area contributed by atoms with Gasteiger partial charge in [0.25, 0.3) is 5.91 Å². The van der Waals surface area contributed by atoms with Crippen molar-refractivity contribution in [3.63, 3.8) is 0 Å². The molecule has 3 N–H and O–H groups in total. The minimum Gasteiger partial charge on any atom is -0.480 e. The highest BCUT2D eigenvalue weighted by molar-refractivity contribution is 5.94. The third-order valence-electron chi connectivity index (χ3n) is 1.64. The zero-order valence-electron chi connectivity index (χ0n) is 7.93. The lowest BCUT2D eigenvalue weighted by Gasteiger charge is -2.09. The van der Waals surface area contributed by atoms with E-state index in [1.807, 2.05) is 0 Å². The van der Waals surface area contributed by atoms with E-state index >= 15 is 0 Å². The lowest BCUT2D eigenvalue weighted by Crippen LogP contribution is -2.43. The summed E-state index contributed by atoms with van der Waals surface area (Å²) in [5.74, 6) is -2.13. The van der Waals surface area contributed by atoms with Crippen LogP contribution in [0.25, 0.3) is 0 Å². The Labute approximate surface area is 84.7 Å². The lowest BCUT2D eigenvalue weighted by atomic mass is 10.3. The third-order valence-corrected chi connectivity index (χ3v) is 1.64. The average Bonchev–Trinajstić information content (AvgIpc) is 2.60. The number of aliphatic hydroxyl groups is 1. The number of amides is 1. The first-order chi connectivity index (χ1) is 7.04. The zero-order chi connectivity index (χ0) is 11.4. The largest absolute Gasteiger partial charge is 0.480 e. The van der Waals surface area contributed by atoms with Gasteiger partial charge in [0.1, 0.15) is 0 Å². The van der Waals surface area contributed by atoms with E-state index in [0.717, 1.165) is 0 Å². The maximum atomic E-state index is 11.3. The van der Waals surface area contributed by atoms with Crippen LogP contribution in [-0.2, 0) is 4.79 Å². The number of carboxylic acids is 1. The summed E-state index contributed by atoms with van der Waals surface area (Å²) in [6.45, 7) is 0.940. The molecular weight excluding hydrogens is 204 g/mol. The van der Waals surface area contributed by atoms with Crippen molar-refractivity contribution in [2.45, 2.75) is 13.0 Å². The molecule has 7 nitrogen and oxygen atoms in total. The first-order valence-corrected chi connectivity index (χ1v) is 4.12. The minimum absolute atomic E-state index is 0.0906. The van der Waals surface area contributed by atoms with Crippen molar-refractivity contribution >= 4 is 11.9 Å². The molecule has 0 aliphatic heterocycles. The van der Waals surface area contributed by atoms with Gasteiger partial charge >= 0.3 is 5.97 Å². The SMILES string of the molecule is Cc1cc(C(=O)N[C@H](CO)C(=O)O)on1. The van der Waals surface area contributed by atoms with E-state index in [1.54, 1.807) is 6.92 Å². The van der Waals surface area contributed by atoms with Gasteiger partial charge in [-0.2, -0.15) is 0 Å². The lowest BCUT2D eigenvalue weighted by molar-refractivity contribution is -0.140. The molecule has 1 atom stereocenters. The highest BCUT2D eigenvalue weighted by Crippen LogP contribution is 2.02. The molecule has 82 valence electrons. The van der Waals surface area contributed by atoms with Gasteiger partial charge in [-0.25, -0.2) is 4.79 Å². The molecule has 15 heavy (non-hydrogen) atoms. The second-order valence-electron chi connectivity index (χ2n) is 2.88. The summed E-state index contributed by atoms with van der Waals surface area (Å²) in [5.41, 5.74) is 0.510. The molecule has 1 aromatic rings. The predicted octanol–water partition coefficient (Wildman–Crippen LogP) is -0.842. The molecule has 0 saturated heterocycles. The number of aliphatic hydroxyl groups excluding tert-OH is 1. The number of hydrogen-bond donors (Lipinski definition) is 3. The monoisotopic (exact) mass is 214 g/mol.